The molecule has 2 aromatic rings. The van der Waals surface area contributed by atoms with Gasteiger partial charge in [0.15, 0.2) is 5.65 Å². The molecular formula is C5H3N4. The quantitative estimate of drug-likeness (QED) is 0.487. The molecule has 1 radical (unpaired) electrons. The lowest BCUT2D eigenvalue weighted by Gasteiger charge is -1.83. The molecule has 0 atom stereocenters. The number of aromatic nitrogens is 4. The summed E-state index contributed by atoms with van der Waals surface area (Å²) < 4.78 is 1.60. The summed E-state index contributed by atoms with van der Waals surface area (Å²) in [6.07, 6.45) is 7.46. The highest BCUT2D eigenvalue weighted by atomic mass is 15.3. The molecule has 0 amide bonds. The van der Waals surface area contributed by atoms with Crippen LogP contribution in [0.15, 0.2) is 18.6 Å². The van der Waals surface area contributed by atoms with Gasteiger partial charge in [0.2, 0.25) is 6.33 Å². The van der Waals surface area contributed by atoms with Gasteiger partial charge in [0.1, 0.15) is 0 Å². The molecule has 0 aromatic carbocycles. The van der Waals surface area contributed by atoms with Gasteiger partial charge in [-0.25, -0.2) is 9.50 Å². The molecule has 0 spiro atoms. The number of rotatable bonds is 0. The average Bonchev–Trinajstić information content (AvgIpc) is 2.33. The molecule has 0 unspecified atom stereocenters. The molecule has 2 heterocycles. The molecule has 0 fully saturated rings. The lowest BCUT2D eigenvalue weighted by atomic mass is 10.7. The van der Waals surface area contributed by atoms with Crippen LogP contribution in [0.2, 0.25) is 0 Å². The monoisotopic (exact) mass is 119 g/mol. The summed E-state index contributed by atoms with van der Waals surface area (Å²) in [4.78, 5) is 7.62. The Labute approximate surface area is 51.2 Å². The predicted octanol–water partition coefficient (Wildman–Crippen LogP) is -0.0755. The molecule has 2 aromatic heterocycles. The Morgan fingerprint density at radius 3 is 3.44 bits per heavy atom. The smallest absolute Gasteiger partial charge is 0.221 e. The Kier molecular flexibility index (Phi) is 0.745. The zero-order valence-corrected chi connectivity index (χ0v) is 4.52. The van der Waals surface area contributed by atoms with Crippen molar-refractivity contribution in [2.45, 2.75) is 0 Å². The first-order valence-electron chi connectivity index (χ1n) is 2.49. The maximum absolute atomic E-state index is 3.84. The molecule has 0 aliphatic carbocycles. The fourth-order valence-corrected chi connectivity index (χ4v) is 0.633. The van der Waals surface area contributed by atoms with Crippen LogP contribution in [0.1, 0.15) is 0 Å². The summed E-state index contributed by atoms with van der Waals surface area (Å²) in [7, 11) is 0. The second kappa shape index (κ2) is 1.51. The molecule has 0 N–H and O–H groups in total. The molecule has 9 heavy (non-hydrogen) atoms. The molecule has 0 aliphatic heterocycles. The highest BCUT2D eigenvalue weighted by Gasteiger charge is 1.89. The number of nitrogens with zero attached hydrogens (tertiary/aromatic N) is 4. The maximum atomic E-state index is 3.84. The Hall–Kier alpha value is -1.45. The molecule has 0 aliphatic rings. The normalized spacial score (nSPS) is 10.2. The zero-order chi connectivity index (χ0) is 6.10. The third kappa shape index (κ3) is 0.561. The van der Waals surface area contributed by atoms with E-state index in [0.717, 1.165) is 5.65 Å². The van der Waals surface area contributed by atoms with Gasteiger partial charge in [-0.2, -0.15) is 0 Å². The van der Waals surface area contributed by atoms with Crippen LogP contribution in [0.5, 0.6) is 0 Å². The standard InChI is InChI=1S/C5H3N4/c1-2-9-5(3-6-1)7-4-8-9/h1-3H. The van der Waals surface area contributed by atoms with Crippen LogP contribution < -0.4 is 0 Å². The molecule has 4 heteroatoms. The SMILES string of the molecule is [c]1nc2cnccn2n1. The second-order valence-electron chi connectivity index (χ2n) is 1.59. The first-order chi connectivity index (χ1) is 4.47. The molecule has 43 valence electrons. The van der Waals surface area contributed by atoms with Crippen LogP contribution in [-0.4, -0.2) is 19.6 Å². The Balaban J connectivity index is 2.95. The predicted molar refractivity (Wildman–Crippen MR) is 29.6 cm³/mol. The van der Waals surface area contributed by atoms with Crippen molar-refractivity contribution < 1.29 is 0 Å². The van der Waals surface area contributed by atoms with Crippen molar-refractivity contribution in [1.29, 1.82) is 0 Å². The Morgan fingerprint density at radius 2 is 2.56 bits per heavy atom. The number of hydrogen-bond donors (Lipinski definition) is 0. The average molecular weight is 119 g/mol. The minimum Gasteiger partial charge on any atom is -0.259 e. The topological polar surface area (TPSA) is 43.1 Å². The third-order valence-electron chi connectivity index (χ3n) is 1.04. The van der Waals surface area contributed by atoms with E-state index in [1.165, 1.54) is 0 Å². The maximum Gasteiger partial charge on any atom is 0.221 e. The number of fused-ring (bicyclic) bond motifs is 1. The fourth-order valence-electron chi connectivity index (χ4n) is 0.633. The molecule has 4 nitrogen and oxygen atoms in total. The van der Waals surface area contributed by atoms with Crippen molar-refractivity contribution in [2.75, 3.05) is 0 Å². The van der Waals surface area contributed by atoms with E-state index in [4.69, 9.17) is 0 Å². The van der Waals surface area contributed by atoms with E-state index in [1.807, 2.05) is 0 Å². The van der Waals surface area contributed by atoms with Crippen molar-refractivity contribution in [3.63, 3.8) is 0 Å². The number of hydrogen-bond acceptors (Lipinski definition) is 3. The summed E-state index contributed by atoms with van der Waals surface area (Å²) in [5, 5.41) is 3.76. The van der Waals surface area contributed by atoms with Gasteiger partial charge in [0.25, 0.3) is 0 Å². The van der Waals surface area contributed by atoms with Crippen molar-refractivity contribution in [3.8, 4) is 0 Å². The van der Waals surface area contributed by atoms with Gasteiger partial charge in [-0.15, -0.1) is 5.10 Å². The molecule has 0 saturated carbocycles. The lowest BCUT2D eigenvalue weighted by Crippen LogP contribution is -1.85. The summed E-state index contributed by atoms with van der Waals surface area (Å²) in [5.41, 5.74) is 0.720. The van der Waals surface area contributed by atoms with Crippen LogP contribution in [0, 0.1) is 6.33 Å². The molecule has 0 bridgehead atoms. The van der Waals surface area contributed by atoms with E-state index < -0.39 is 0 Å². The van der Waals surface area contributed by atoms with E-state index >= 15 is 0 Å². The lowest BCUT2D eigenvalue weighted by molar-refractivity contribution is 0.942. The van der Waals surface area contributed by atoms with E-state index in [9.17, 15) is 0 Å². The summed E-state index contributed by atoms with van der Waals surface area (Å²) in [5.74, 6) is 0. The van der Waals surface area contributed by atoms with Crippen molar-refractivity contribution in [2.24, 2.45) is 0 Å². The van der Waals surface area contributed by atoms with Crippen LogP contribution in [0.25, 0.3) is 5.65 Å². The first-order valence-corrected chi connectivity index (χ1v) is 2.49. The van der Waals surface area contributed by atoms with Gasteiger partial charge >= 0.3 is 0 Å². The summed E-state index contributed by atoms with van der Waals surface area (Å²) in [6, 6.07) is 0. The van der Waals surface area contributed by atoms with Crippen LogP contribution in [0.3, 0.4) is 0 Å². The summed E-state index contributed by atoms with van der Waals surface area (Å²) >= 11 is 0. The van der Waals surface area contributed by atoms with Crippen LogP contribution in [0.4, 0.5) is 0 Å². The first kappa shape index (κ1) is 4.43. The van der Waals surface area contributed by atoms with Crippen molar-refractivity contribution in [1.82, 2.24) is 19.6 Å². The van der Waals surface area contributed by atoms with E-state index in [0.29, 0.717) is 0 Å². The van der Waals surface area contributed by atoms with Crippen molar-refractivity contribution in [3.05, 3.63) is 24.9 Å². The third-order valence-corrected chi connectivity index (χ3v) is 1.04. The minimum atomic E-state index is 0.720. The summed E-state index contributed by atoms with van der Waals surface area (Å²) in [6.45, 7) is 0. The minimum absolute atomic E-state index is 0.720. The van der Waals surface area contributed by atoms with Crippen LogP contribution in [-0.2, 0) is 0 Å². The second-order valence-corrected chi connectivity index (χ2v) is 1.59. The zero-order valence-electron chi connectivity index (χ0n) is 4.52. The van der Waals surface area contributed by atoms with E-state index in [1.54, 1.807) is 23.1 Å². The Morgan fingerprint density at radius 1 is 1.56 bits per heavy atom. The van der Waals surface area contributed by atoms with Gasteiger partial charge < -0.3 is 0 Å². The fraction of sp³-hybridized carbons (Fsp3) is 0. The van der Waals surface area contributed by atoms with E-state index in [2.05, 4.69) is 21.4 Å². The molecule has 0 saturated heterocycles. The highest BCUT2D eigenvalue weighted by Crippen LogP contribution is 1.89. The van der Waals surface area contributed by atoms with Gasteiger partial charge in [-0.1, -0.05) is 0 Å². The highest BCUT2D eigenvalue weighted by molar-refractivity contribution is 5.30. The van der Waals surface area contributed by atoms with Crippen LogP contribution >= 0.6 is 0 Å². The van der Waals surface area contributed by atoms with Gasteiger partial charge in [-0.05, 0) is 0 Å². The molecular weight excluding hydrogens is 116 g/mol. The largest absolute Gasteiger partial charge is 0.259 e. The Bertz CT molecular complexity index is 283. The van der Waals surface area contributed by atoms with Gasteiger partial charge in [0, 0.05) is 12.4 Å². The van der Waals surface area contributed by atoms with Crippen molar-refractivity contribution >= 4 is 5.65 Å². The van der Waals surface area contributed by atoms with Gasteiger partial charge in [-0.3, -0.25) is 4.98 Å². The van der Waals surface area contributed by atoms with Gasteiger partial charge in [0.05, 0.1) is 6.20 Å². The van der Waals surface area contributed by atoms with E-state index in [-0.39, 0.29) is 0 Å². The molecule has 2 rings (SSSR count).